The van der Waals surface area contributed by atoms with Crippen LogP contribution in [-0.4, -0.2) is 24.2 Å². The van der Waals surface area contributed by atoms with Crippen LogP contribution < -0.4 is 0 Å². The fourth-order valence-corrected chi connectivity index (χ4v) is 3.60. The molecule has 0 saturated heterocycles. The molecule has 0 spiro atoms. The Hall–Kier alpha value is -1.15. The highest BCUT2D eigenvalue weighted by molar-refractivity contribution is 5.52. The average Bonchev–Trinajstić information content (AvgIpc) is 3.31. The minimum Gasteiger partial charge on any atom is -0.313 e. The SMILES string of the molecule is CCC1c2ccc(C3CC3)cc2CCN1CCCC=N. The third-order valence-corrected chi connectivity index (χ3v) is 4.86. The highest BCUT2D eigenvalue weighted by Gasteiger charge is 2.28. The van der Waals surface area contributed by atoms with Crippen LogP contribution in [-0.2, 0) is 6.42 Å². The Bertz CT molecular complexity index is 476. The Morgan fingerprint density at radius 1 is 1.35 bits per heavy atom. The smallest absolute Gasteiger partial charge is 0.0348 e. The highest BCUT2D eigenvalue weighted by Crippen LogP contribution is 2.42. The van der Waals surface area contributed by atoms with E-state index in [0.717, 1.165) is 25.3 Å². The molecule has 1 fully saturated rings. The van der Waals surface area contributed by atoms with Crippen molar-refractivity contribution in [2.24, 2.45) is 0 Å². The van der Waals surface area contributed by atoms with Gasteiger partial charge in [-0.15, -0.1) is 0 Å². The van der Waals surface area contributed by atoms with E-state index < -0.39 is 0 Å². The summed E-state index contributed by atoms with van der Waals surface area (Å²) in [6.07, 6.45) is 8.77. The molecule has 2 nitrogen and oxygen atoms in total. The first kappa shape index (κ1) is 13.8. The molecule has 1 N–H and O–H groups in total. The maximum Gasteiger partial charge on any atom is 0.0348 e. The van der Waals surface area contributed by atoms with Gasteiger partial charge in [0.2, 0.25) is 0 Å². The Kier molecular flexibility index (Phi) is 4.21. The Labute approximate surface area is 122 Å². The lowest BCUT2D eigenvalue weighted by atomic mass is 9.89. The molecule has 1 heterocycles. The number of hydrogen-bond donors (Lipinski definition) is 1. The van der Waals surface area contributed by atoms with Crippen molar-refractivity contribution in [3.63, 3.8) is 0 Å². The molecule has 1 unspecified atom stereocenters. The van der Waals surface area contributed by atoms with Crippen molar-refractivity contribution in [1.29, 1.82) is 5.41 Å². The van der Waals surface area contributed by atoms with Gasteiger partial charge >= 0.3 is 0 Å². The molecule has 1 aromatic carbocycles. The van der Waals surface area contributed by atoms with Gasteiger partial charge in [-0.3, -0.25) is 4.90 Å². The fraction of sp³-hybridized carbons (Fsp3) is 0.611. The van der Waals surface area contributed by atoms with Gasteiger partial charge in [0.05, 0.1) is 0 Å². The van der Waals surface area contributed by atoms with Gasteiger partial charge in [0.1, 0.15) is 0 Å². The summed E-state index contributed by atoms with van der Waals surface area (Å²) in [5.41, 5.74) is 4.75. The van der Waals surface area contributed by atoms with Crippen molar-refractivity contribution in [3.8, 4) is 0 Å². The first-order valence-electron chi connectivity index (χ1n) is 8.19. The Morgan fingerprint density at radius 3 is 2.90 bits per heavy atom. The maximum absolute atomic E-state index is 7.16. The second-order valence-electron chi connectivity index (χ2n) is 6.29. The number of rotatable bonds is 6. The number of unbranched alkanes of at least 4 members (excludes halogenated alkanes) is 1. The molecule has 1 atom stereocenters. The predicted molar refractivity (Wildman–Crippen MR) is 84.7 cm³/mol. The third kappa shape index (κ3) is 2.80. The van der Waals surface area contributed by atoms with Crippen LogP contribution in [0.25, 0.3) is 0 Å². The second-order valence-corrected chi connectivity index (χ2v) is 6.29. The number of hydrogen-bond acceptors (Lipinski definition) is 2. The standard InChI is InChI=1S/C18H26N2/c1-2-18-17-8-7-15(14-5-6-14)13-16(17)9-12-20(18)11-4-3-10-19/h7-8,10,13-14,18-19H,2-6,9,11-12H2,1H3. The molecule has 0 amide bonds. The van der Waals surface area contributed by atoms with Crippen molar-refractivity contribution in [1.82, 2.24) is 4.90 Å². The molecule has 0 bridgehead atoms. The Balaban J connectivity index is 1.76. The summed E-state index contributed by atoms with van der Waals surface area (Å²) in [4.78, 5) is 2.63. The van der Waals surface area contributed by atoms with Crippen LogP contribution in [0.5, 0.6) is 0 Å². The van der Waals surface area contributed by atoms with Gasteiger partial charge in [-0.1, -0.05) is 25.1 Å². The summed E-state index contributed by atoms with van der Waals surface area (Å²) < 4.78 is 0. The van der Waals surface area contributed by atoms with E-state index in [2.05, 4.69) is 30.0 Å². The predicted octanol–water partition coefficient (Wildman–Crippen LogP) is 4.30. The lowest BCUT2D eigenvalue weighted by Gasteiger charge is -2.37. The van der Waals surface area contributed by atoms with E-state index >= 15 is 0 Å². The molecule has 108 valence electrons. The summed E-state index contributed by atoms with van der Waals surface area (Å²) in [5.74, 6) is 0.867. The lowest BCUT2D eigenvalue weighted by Crippen LogP contribution is -2.36. The van der Waals surface area contributed by atoms with Crippen molar-refractivity contribution >= 4 is 6.21 Å². The van der Waals surface area contributed by atoms with Crippen LogP contribution in [0.3, 0.4) is 0 Å². The minimum absolute atomic E-state index is 0.595. The molecule has 0 radical (unpaired) electrons. The van der Waals surface area contributed by atoms with Crippen LogP contribution in [0.1, 0.15) is 67.7 Å². The monoisotopic (exact) mass is 270 g/mol. The molecule has 1 aliphatic heterocycles. The normalized spacial score (nSPS) is 22.6. The van der Waals surface area contributed by atoms with Crippen LogP contribution in [0.2, 0.25) is 0 Å². The van der Waals surface area contributed by atoms with Gasteiger partial charge in [0.25, 0.3) is 0 Å². The zero-order valence-corrected chi connectivity index (χ0v) is 12.6. The summed E-state index contributed by atoms with van der Waals surface area (Å²) in [5, 5.41) is 7.16. The second kappa shape index (κ2) is 6.09. The number of nitrogens with one attached hydrogen (secondary N) is 1. The van der Waals surface area contributed by atoms with Gasteiger partial charge in [-0.25, -0.2) is 0 Å². The van der Waals surface area contributed by atoms with Gasteiger partial charge in [-0.05, 0) is 73.9 Å². The molecule has 0 aromatic heterocycles. The highest BCUT2D eigenvalue weighted by atomic mass is 15.2. The van der Waals surface area contributed by atoms with E-state index in [0.29, 0.717) is 6.04 Å². The minimum atomic E-state index is 0.595. The fourth-order valence-electron chi connectivity index (χ4n) is 3.60. The zero-order valence-electron chi connectivity index (χ0n) is 12.6. The summed E-state index contributed by atoms with van der Waals surface area (Å²) in [6, 6.07) is 7.86. The van der Waals surface area contributed by atoms with Crippen molar-refractivity contribution in [2.45, 2.75) is 57.4 Å². The average molecular weight is 270 g/mol. The van der Waals surface area contributed by atoms with Gasteiger partial charge in [-0.2, -0.15) is 0 Å². The van der Waals surface area contributed by atoms with Crippen LogP contribution in [0.4, 0.5) is 0 Å². The first-order valence-corrected chi connectivity index (χ1v) is 8.19. The maximum atomic E-state index is 7.16. The molecule has 3 rings (SSSR count). The largest absolute Gasteiger partial charge is 0.313 e. The first-order chi connectivity index (χ1) is 9.83. The van der Waals surface area contributed by atoms with Gasteiger partial charge in [0.15, 0.2) is 0 Å². The molecule has 2 aliphatic rings. The molecule has 2 heteroatoms. The molecule has 1 saturated carbocycles. The van der Waals surface area contributed by atoms with Crippen LogP contribution in [0.15, 0.2) is 18.2 Å². The van der Waals surface area contributed by atoms with Crippen molar-refractivity contribution in [3.05, 3.63) is 34.9 Å². The topological polar surface area (TPSA) is 27.1 Å². The van der Waals surface area contributed by atoms with E-state index in [4.69, 9.17) is 5.41 Å². The van der Waals surface area contributed by atoms with Crippen molar-refractivity contribution < 1.29 is 0 Å². The molecule has 20 heavy (non-hydrogen) atoms. The van der Waals surface area contributed by atoms with Crippen LogP contribution >= 0.6 is 0 Å². The van der Waals surface area contributed by atoms with E-state index in [-0.39, 0.29) is 0 Å². The number of fused-ring (bicyclic) bond motifs is 1. The molecule has 1 aliphatic carbocycles. The van der Waals surface area contributed by atoms with E-state index in [1.807, 2.05) is 0 Å². The Morgan fingerprint density at radius 2 is 2.20 bits per heavy atom. The third-order valence-electron chi connectivity index (χ3n) is 4.86. The summed E-state index contributed by atoms with van der Waals surface area (Å²) >= 11 is 0. The van der Waals surface area contributed by atoms with Gasteiger partial charge < -0.3 is 5.41 Å². The number of benzene rings is 1. The van der Waals surface area contributed by atoms with E-state index in [1.165, 1.54) is 32.2 Å². The van der Waals surface area contributed by atoms with E-state index in [1.54, 1.807) is 22.9 Å². The molecular weight excluding hydrogens is 244 g/mol. The van der Waals surface area contributed by atoms with Crippen LogP contribution in [0, 0.1) is 5.41 Å². The lowest BCUT2D eigenvalue weighted by molar-refractivity contribution is 0.179. The summed E-state index contributed by atoms with van der Waals surface area (Å²) in [6.45, 7) is 4.63. The van der Waals surface area contributed by atoms with Gasteiger partial charge in [0, 0.05) is 12.6 Å². The number of nitrogens with zero attached hydrogens (tertiary/aromatic N) is 1. The summed E-state index contributed by atoms with van der Waals surface area (Å²) in [7, 11) is 0. The quantitative estimate of drug-likeness (QED) is 0.605. The zero-order chi connectivity index (χ0) is 13.9. The van der Waals surface area contributed by atoms with Crippen molar-refractivity contribution in [2.75, 3.05) is 13.1 Å². The molecule has 1 aromatic rings. The van der Waals surface area contributed by atoms with E-state index in [9.17, 15) is 0 Å². The molecular formula is C18H26N2.